The Morgan fingerprint density at radius 2 is 2.00 bits per heavy atom. The van der Waals surface area contributed by atoms with Gasteiger partial charge in [0, 0.05) is 5.54 Å². The monoisotopic (exact) mass is 360 g/mol. The van der Waals surface area contributed by atoms with Crippen LogP contribution in [-0.4, -0.2) is 46.2 Å². The number of hydrogen-bond donors (Lipinski definition) is 1. The summed E-state index contributed by atoms with van der Waals surface area (Å²) in [5, 5.41) is 7.02. The molecule has 142 valence electrons. The molecule has 1 amide bonds. The van der Waals surface area contributed by atoms with Gasteiger partial charge in [-0.05, 0) is 46.4 Å². The quantitative estimate of drug-likeness (QED) is 0.780. The van der Waals surface area contributed by atoms with Gasteiger partial charge in [0.1, 0.15) is 5.75 Å². The average Bonchev–Trinajstić information content (AvgIpc) is 3.01. The van der Waals surface area contributed by atoms with Crippen molar-refractivity contribution in [1.29, 1.82) is 0 Å². The largest absolute Gasteiger partial charge is 0.493 e. The van der Waals surface area contributed by atoms with Crippen molar-refractivity contribution in [2.75, 3.05) is 19.7 Å². The predicted octanol–water partition coefficient (Wildman–Crippen LogP) is 2.87. The number of nitrogens with one attached hydrogen (secondary N) is 1. The SMILES string of the molecule is CCOc1ccccc1-c1noc(CN(CC)CC(=O)NC(C)(C)C)n1. The van der Waals surface area contributed by atoms with Gasteiger partial charge < -0.3 is 14.6 Å². The van der Waals surface area contributed by atoms with Crippen molar-refractivity contribution in [3.63, 3.8) is 0 Å². The van der Waals surface area contributed by atoms with Crippen molar-refractivity contribution < 1.29 is 14.1 Å². The second-order valence-electron chi connectivity index (χ2n) is 7.04. The van der Waals surface area contributed by atoms with Crippen LogP contribution in [0, 0.1) is 0 Å². The number of benzene rings is 1. The molecule has 2 aromatic rings. The Bertz CT molecular complexity index is 722. The molecule has 0 saturated carbocycles. The zero-order valence-corrected chi connectivity index (χ0v) is 16.2. The molecule has 1 aromatic heterocycles. The van der Waals surface area contributed by atoms with Gasteiger partial charge in [-0.25, -0.2) is 0 Å². The summed E-state index contributed by atoms with van der Waals surface area (Å²) in [6, 6.07) is 7.59. The van der Waals surface area contributed by atoms with Gasteiger partial charge in [-0.1, -0.05) is 24.2 Å². The smallest absolute Gasteiger partial charge is 0.241 e. The van der Waals surface area contributed by atoms with Crippen LogP contribution in [0.4, 0.5) is 0 Å². The van der Waals surface area contributed by atoms with E-state index < -0.39 is 0 Å². The maximum absolute atomic E-state index is 12.1. The van der Waals surface area contributed by atoms with E-state index in [4.69, 9.17) is 9.26 Å². The second kappa shape index (κ2) is 8.80. The van der Waals surface area contributed by atoms with Crippen molar-refractivity contribution in [1.82, 2.24) is 20.4 Å². The van der Waals surface area contributed by atoms with E-state index in [2.05, 4.69) is 15.5 Å². The number of rotatable bonds is 8. The lowest BCUT2D eigenvalue weighted by Gasteiger charge is -2.23. The molecular formula is C19H28N4O3. The summed E-state index contributed by atoms with van der Waals surface area (Å²) in [7, 11) is 0. The van der Waals surface area contributed by atoms with E-state index in [-0.39, 0.29) is 18.0 Å². The highest BCUT2D eigenvalue weighted by atomic mass is 16.5. The number of carbonyl (C=O) groups is 1. The Kier molecular flexibility index (Phi) is 6.74. The third-order valence-corrected chi connectivity index (χ3v) is 3.58. The van der Waals surface area contributed by atoms with Gasteiger partial charge in [0.05, 0.1) is 25.3 Å². The molecule has 7 heteroatoms. The summed E-state index contributed by atoms with van der Waals surface area (Å²) >= 11 is 0. The molecule has 0 bridgehead atoms. The fourth-order valence-corrected chi connectivity index (χ4v) is 2.49. The zero-order chi connectivity index (χ0) is 19.2. The molecule has 0 aliphatic rings. The Labute approximate surface area is 154 Å². The third kappa shape index (κ3) is 5.84. The minimum Gasteiger partial charge on any atom is -0.493 e. The zero-order valence-electron chi connectivity index (χ0n) is 16.2. The maximum Gasteiger partial charge on any atom is 0.241 e. The molecule has 0 radical (unpaired) electrons. The van der Waals surface area contributed by atoms with Gasteiger partial charge in [0.2, 0.25) is 17.6 Å². The summed E-state index contributed by atoms with van der Waals surface area (Å²) < 4.78 is 11.0. The summed E-state index contributed by atoms with van der Waals surface area (Å²) in [6.07, 6.45) is 0. The van der Waals surface area contributed by atoms with Crippen molar-refractivity contribution in [3.8, 4) is 17.1 Å². The van der Waals surface area contributed by atoms with Gasteiger partial charge >= 0.3 is 0 Å². The van der Waals surface area contributed by atoms with Crippen LogP contribution in [0.15, 0.2) is 28.8 Å². The highest BCUT2D eigenvalue weighted by molar-refractivity contribution is 5.78. The Morgan fingerprint density at radius 3 is 2.65 bits per heavy atom. The minimum atomic E-state index is -0.253. The van der Waals surface area contributed by atoms with Crippen LogP contribution in [-0.2, 0) is 11.3 Å². The fraction of sp³-hybridized carbons (Fsp3) is 0.526. The van der Waals surface area contributed by atoms with Crippen LogP contribution >= 0.6 is 0 Å². The topological polar surface area (TPSA) is 80.5 Å². The van der Waals surface area contributed by atoms with Crippen LogP contribution in [0.1, 0.15) is 40.5 Å². The molecule has 1 heterocycles. The molecule has 0 aliphatic carbocycles. The van der Waals surface area contributed by atoms with E-state index in [0.29, 0.717) is 31.4 Å². The molecule has 1 N–H and O–H groups in total. The Balaban J connectivity index is 2.06. The Hall–Kier alpha value is -2.41. The first-order valence-electron chi connectivity index (χ1n) is 8.90. The lowest BCUT2D eigenvalue weighted by molar-refractivity contribution is -0.123. The van der Waals surface area contributed by atoms with Crippen LogP contribution in [0.2, 0.25) is 0 Å². The van der Waals surface area contributed by atoms with Crippen molar-refractivity contribution >= 4 is 5.91 Å². The molecule has 0 spiro atoms. The van der Waals surface area contributed by atoms with E-state index in [0.717, 1.165) is 11.3 Å². The first-order valence-corrected chi connectivity index (χ1v) is 8.90. The van der Waals surface area contributed by atoms with E-state index in [9.17, 15) is 4.79 Å². The van der Waals surface area contributed by atoms with Gasteiger partial charge in [0.25, 0.3) is 0 Å². The molecule has 0 saturated heterocycles. The molecule has 2 rings (SSSR count). The van der Waals surface area contributed by atoms with Gasteiger partial charge in [-0.3, -0.25) is 9.69 Å². The summed E-state index contributed by atoms with van der Waals surface area (Å²) in [5.41, 5.74) is 0.537. The Morgan fingerprint density at radius 1 is 1.27 bits per heavy atom. The minimum absolute atomic E-state index is 0.0271. The lowest BCUT2D eigenvalue weighted by Crippen LogP contribution is -2.45. The predicted molar refractivity (Wildman–Crippen MR) is 99.7 cm³/mol. The number of aromatic nitrogens is 2. The fourth-order valence-electron chi connectivity index (χ4n) is 2.49. The average molecular weight is 360 g/mol. The number of ether oxygens (including phenoxy) is 1. The molecule has 0 atom stereocenters. The highest BCUT2D eigenvalue weighted by Crippen LogP contribution is 2.27. The maximum atomic E-state index is 12.1. The van der Waals surface area contributed by atoms with Gasteiger partial charge in [-0.2, -0.15) is 4.98 Å². The van der Waals surface area contributed by atoms with E-state index >= 15 is 0 Å². The number of para-hydroxylation sites is 1. The van der Waals surface area contributed by atoms with Crippen molar-refractivity contribution in [2.45, 2.75) is 46.7 Å². The summed E-state index contributed by atoms with van der Waals surface area (Å²) in [4.78, 5) is 18.5. The number of amides is 1. The van der Waals surface area contributed by atoms with Gasteiger partial charge in [-0.15, -0.1) is 0 Å². The van der Waals surface area contributed by atoms with Crippen LogP contribution in [0.3, 0.4) is 0 Å². The standard InChI is InChI=1S/C19H28N4O3/c1-6-23(12-16(24)21-19(3,4)5)13-17-20-18(22-26-17)14-10-8-9-11-15(14)25-7-2/h8-11H,6-7,12-13H2,1-5H3,(H,21,24). The normalized spacial score (nSPS) is 11.6. The summed E-state index contributed by atoms with van der Waals surface area (Å²) in [6.45, 7) is 11.8. The van der Waals surface area contributed by atoms with E-state index in [1.54, 1.807) is 0 Å². The molecule has 0 unspecified atom stereocenters. The number of carbonyl (C=O) groups excluding carboxylic acids is 1. The van der Waals surface area contributed by atoms with Crippen LogP contribution in [0.25, 0.3) is 11.4 Å². The number of likely N-dealkylation sites (N-methyl/N-ethyl adjacent to an activating group) is 1. The molecule has 1 aromatic carbocycles. The number of nitrogens with zero attached hydrogens (tertiary/aromatic N) is 3. The van der Waals surface area contributed by atoms with Crippen molar-refractivity contribution in [3.05, 3.63) is 30.2 Å². The van der Waals surface area contributed by atoms with Crippen LogP contribution < -0.4 is 10.1 Å². The molecule has 26 heavy (non-hydrogen) atoms. The lowest BCUT2D eigenvalue weighted by atomic mass is 10.1. The first kappa shape index (κ1) is 19.9. The molecule has 0 aliphatic heterocycles. The third-order valence-electron chi connectivity index (χ3n) is 3.58. The number of hydrogen-bond acceptors (Lipinski definition) is 6. The molecule has 0 fully saturated rings. The molecule has 7 nitrogen and oxygen atoms in total. The van der Waals surface area contributed by atoms with Crippen molar-refractivity contribution in [2.24, 2.45) is 0 Å². The van der Waals surface area contributed by atoms with Crippen LogP contribution in [0.5, 0.6) is 5.75 Å². The molecular weight excluding hydrogens is 332 g/mol. The van der Waals surface area contributed by atoms with E-state index in [1.807, 2.05) is 63.8 Å². The second-order valence-corrected chi connectivity index (χ2v) is 7.04. The van der Waals surface area contributed by atoms with Gasteiger partial charge in [0.15, 0.2) is 0 Å². The summed E-state index contributed by atoms with van der Waals surface area (Å²) in [5.74, 6) is 1.65. The highest BCUT2D eigenvalue weighted by Gasteiger charge is 2.19. The van der Waals surface area contributed by atoms with E-state index in [1.165, 1.54) is 0 Å². The first-order chi connectivity index (χ1) is 12.3.